The third-order valence-corrected chi connectivity index (χ3v) is 7.69. The van der Waals surface area contributed by atoms with Gasteiger partial charge in [0, 0.05) is 24.2 Å². The summed E-state index contributed by atoms with van der Waals surface area (Å²) in [4.78, 5) is 25.3. The summed E-state index contributed by atoms with van der Waals surface area (Å²) in [5.74, 6) is 3.01. The first-order chi connectivity index (χ1) is 14.7. The van der Waals surface area contributed by atoms with E-state index in [0.717, 1.165) is 53.8 Å². The van der Waals surface area contributed by atoms with E-state index in [1.54, 1.807) is 0 Å². The number of urea groups is 1. The van der Waals surface area contributed by atoms with Crippen LogP contribution in [0.5, 0.6) is 0 Å². The van der Waals surface area contributed by atoms with E-state index < -0.39 is 0 Å². The summed E-state index contributed by atoms with van der Waals surface area (Å²) < 4.78 is 0. The molecule has 0 unspecified atom stereocenters. The Hall–Kier alpha value is -2.04. The fraction of sp³-hybridized carbons (Fsp3) is 0.692. The topological polar surface area (TPSA) is 70.2 Å². The van der Waals surface area contributed by atoms with Crippen molar-refractivity contribution in [3.63, 3.8) is 0 Å². The van der Waals surface area contributed by atoms with Crippen LogP contribution in [0.2, 0.25) is 0 Å². The summed E-state index contributed by atoms with van der Waals surface area (Å²) in [6.07, 6.45) is 7.76. The average molecular weight is 426 g/mol. The van der Waals surface area contributed by atoms with Crippen LogP contribution in [0.4, 0.5) is 10.5 Å². The molecule has 1 aromatic carbocycles. The number of carbonyl (C=O) groups excluding carboxylic acids is 2. The van der Waals surface area contributed by atoms with Crippen LogP contribution in [0, 0.1) is 17.8 Å². The van der Waals surface area contributed by atoms with Crippen LogP contribution in [0.3, 0.4) is 0 Å². The molecule has 0 heterocycles. The summed E-state index contributed by atoms with van der Waals surface area (Å²) in [6.45, 7) is 8.93. The third kappa shape index (κ3) is 4.91. The second kappa shape index (κ2) is 8.84. The molecule has 1 aromatic rings. The Morgan fingerprint density at radius 1 is 0.935 bits per heavy atom. The molecule has 0 atom stereocenters. The first kappa shape index (κ1) is 22.2. The molecular weight excluding hydrogens is 386 g/mol. The molecule has 4 bridgehead atoms. The van der Waals surface area contributed by atoms with Crippen LogP contribution in [0.1, 0.15) is 95.6 Å². The van der Waals surface area contributed by atoms with Gasteiger partial charge >= 0.3 is 6.03 Å². The fourth-order valence-corrected chi connectivity index (χ4v) is 6.74. The number of carbonyl (C=O) groups is 2. The standard InChI is InChI=1S/C26H39N3O2/c1-16(2)21-6-5-7-22(17(3)4)24(21)28-23(30)8-9-27-25(31)29-26-13-18-10-19(14-26)12-20(11-18)15-26/h5-7,16-20H,8-15H2,1-4H3,(H,28,30)(H2,27,29,31). The lowest BCUT2D eigenvalue weighted by molar-refractivity contribution is -0.116. The van der Waals surface area contributed by atoms with E-state index in [2.05, 4.69) is 61.8 Å². The van der Waals surface area contributed by atoms with E-state index in [9.17, 15) is 9.59 Å². The number of anilines is 1. The molecule has 4 aliphatic rings. The lowest BCUT2D eigenvalue weighted by Gasteiger charge is -2.56. The predicted molar refractivity (Wildman–Crippen MR) is 125 cm³/mol. The quantitative estimate of drug-likeness (QED) is 0.537. The molecular formula is C26H39N3O2. The summed E-state index contributed by atoms with van der Waals surface area (Å²) in [7, 11) is 0. The fourth-order valence-electron chi connectivity index (χ4n) is 6.74. The number of benzene rings is 1. The van der Waals surface area contributed by atoms with E-state index in [1.165, 1.54) is 19.3 Å². The Balaban J connectivity index is 1.29. The van der Waals surface area contributed by atoms with Gasteiger partial charge in [-0.25, -0.2) is 4.79 Å². The largest absolute Gasteiger partial charge is 0.338 e. The van der Waals surface area contributed by atoms with Gasteiger partial charge in [-0.05, 0) is 79.2 Å². The van der Waals surface area contributed by atoms with Gasteiger partial charge in [0.15, 0.2) is 0 Å². The van der Waals surface area contributed by atoms with Gasteiger partial charge < -0.3 is 16.0 Å². The first-order valence-corrected chi connectivity index (χ1v) is 12.2. The van der Waals surface area contributed by atoms with Gasteiger partial charge in [-0.2, -0.15) is 0 Å². The molecule has 0 spiro atoms. The second-order valence-corrected chi connectivity index (χ2v) is 11.0. The number of rotatable bonds is 7. The zero-order valence-corrected chi connectivity index (χ0v) is 19.6. The molecule has 3 N–H and O–H groups in total. The second-order valence-electron chi connectivity index (χ2n) is 11.0. The zero-order chi connectivity index (χ0) is 22.2. The van der Waals surface area contributed by atoms with Crippen LogP contribution < -0.4 is 16.0 Å². The zero-order valence-electron chi connectivity index (χ0n) is 19.6. The van der Waals surface area contributed by atoms with Crippen molar-refractivity contribution in [1.29, 1.82) is 0 Å². The molecule has 0 radical (unpaired) electrons. The molecule has 5 heteroatoms. The third-order valence-electron chi connectivity index (χ3n) is 7.69. The first-order valence-electron chi connectivity index (χ1n) is 12.2. The van der Waals surface area contributed by atoms with Crippen molar-refractivity contribution in [3.05, 3.63) is 29.3 Å². The summed E-state index contributed by atoms with van der Waals surface area (Å²) in [5, 5.41) is 9.38. The Morgan fingerprint density at radius 2 is 1.45 bits per heavy atom. The smallest absolute Gasteiger partial charge is 0.315 e. The van der Waals surface area contributed by atoms with Crippen LogP contribution in [0.15, 0.2) is 18.2 Å². The molecule has 4 aliphatic carbocycles. The van der Waals surface area contributed by atoms with Crippen molar-refractivity contribution in [2.45, 2.75) is 90.0 Å². The molecule has 0 aromatic heterocycles. The lowest BCUT2D eigenvalue weighted by Crippen LogP contribution is -2.61. The highest BCUT2D eigenvalue weighted by molar-refractivity contribution is 5.93. The lowest BCUT2D eigenvalue weighted by atomic mass is 9.53. The van der Waals surface area contributed by atoms with Crippen molar-refractivity contribution in [2.24, 2.45) is 17.8 Å². The number of hydrogen-bond donors (Lipinski definition) is 3. The highest BCUT2D eigenvalue weighted by Gasteiger charge is 2.51. The Bertz CT molecular complexity index is 768. The number of hydrogen-bond acceptors (Lipinski definition) is 2. The predicted octanol–water partition coefficient (Wildman–Crippen LogP) is 5.53. The molecule has 4 saturated carbocycles. The Kier molecular flexibility index (Phi) is 6.32. The van der Waals surface area contributed by atoms with Crippen molar-refractivity contribution in [1.82, 2.24) is 10.6 Å². The number of amides is 3. The summed E-state index contributed by atoms with van der Waals surface area (Å²) in [6, 6.07) is 6.13. The molecule has 0 saturated heterocycles. The van der Waals surface area contributed by atoms with Crippen LogP contribution >= 0.6 is 0 Å². The summed E-state index contributed by atoms with van der Waals surface area (Å²) >= 11 is 0. The van der Waals surface area contributed by atoms with Gasteiger partial charge in [-0.3, -0.25) is 4.79 Å². The monoisotopic (exact) mass is 425 g/mol. The van der Waals surface area contributed by atoms with E-state index in [4.69, 9.17) is 0 Å². The van der Waals surface area contributed by atoms with E-state index in [1.807, 2.05) is 0 Å². The van der Waals surface area contributed by atoms with Gasteiger partial charge in [0.05, 0.1) is 0 Å². The van der Waals surface area contributed by atoms with Gasteiger partial charge in [-0.1, -0.05) is 45.9 Å². The van der Waals surface area contributed by atoms with E-state index in [-0.39, 0.29) is 23.9 Å². The molecule has 3 amide bonds. The number of nitrogens with one attached hydrogen (secondary N) is 3. The molecule has 0 aliphatic heterocycles. The van der Waals surface area contributed by atoms with Gasteiger partial charge in [0.1, 0.15) is 0 Å². The Labute approximate surface area is 187 Å². The maximum atomic E-state index is 12.7. The van der Waals surface area contributed by atoms with Crippen molar-refractivity contribution in [2.75, 3.05) is 11.9 Å². The average Bonchev–Trinajstić information content (AvgIpc) is 2.66. The van der Waals surface area contributed by atoms with Crippen molar-refractivity contribution in [3.8, 4) is 0 Å². The van der Waals surface area contributed by atoms with Crippen LogP contribution in [-0.4, -0.2) is 24.0 Å². The van der Waals surface area contributed by atoms with Gasteiger partial charge in [0.2, 0.25) is 5.91 Å². The number of para-hydroxylation sites is 1. The molecule has 4 fully saturated rings. The maximum absolute atomic E-state index is 12.7. The minimum atomic E-state index is -0.111. The van der Waals surface area contributed by atoms with Crippen molar-refractivity contribution < 1.29 is 9.59 Å². The Morgan fingerprint density at radius 3 is 1.94 bits per heavy atom. The van der Waals surface area contributed by atoms with Gasteiger partial charge in [0.25, 0.3) is 0 Å². The molecule has 31 heavy (non-hydrogen) atoms. The van der Waals surface area contributed by atoms with E-state index >= 15 is 0 Å². The molecule has 5 rings (SSSR count). The van der Waals surface area contributed by atoms with Gasteiger partial charge in [-0.15, -0.1) is 0 Å². The van der Waals surface area contributed by atoms with Crippen LogP contribution in [-0.2, 0) is 4.79 Å². The highest BCUT2D eigenvalue weighted by atomic mass is 16.2. The van der Waals surface area contributed by atoms with E-state index in [0.29, 0.717) is 18.4 Å². The molecule has 5 nitrogen and oxygen atoms in total. The van der Waals surface area contributed by atoms with Crippen molar-refractivity contribution >= 4 is 17.6 Å². The SMILES string of the molecule is CC(C)c1cccc(C(C)C)c1NC(=O)CCNC(=O)NC12CC3CC(CC(C3)C1)C2. The van der Waals surface area contributed by atoms with Crippen LogP contribution in [0.25, 0.3) is 0 Å². The molecule has 170 valence electrons. The maximum Gasteiger partial charge on any atom is 0.315 e. The minimum Gasteiger partial charge on any atom is -0.338 e. The summed E-state index contributed by atoms with van der Waals surface area (Å²) in [5.41, 5.74) is 3.26. The highest BCUT2D eigenvalue weighted by Crippen LogP contribution is 2.55. The normalized spacial score (nSPS) is 28.8. The minimum absolute atomic E-state index is 0.00343.